The Morgan fingerprint density at radius 1 is 1.19 bits per heavy atom. The average Bonchev–Trinajstić information content (AvgIpc) is 2.97. The molecule has 3 rings (SSSR count). The van der Waals surface area contributed by atoms with E-state index in [1.807, 2.05) is 22.8 Å². The number of halogens is 1. The van der Waals surface area contributed by atoms with Gasteiger partial charge < -0.3 is 10.5 Å². The predicted octanol–water partition coefficient (Wildman–Crippen LogP) is 3.29. The number of nitrogens with two attached hydrogens (primary N) is 1. The van der Waals surface area contributed by atoms with E-state index in [1.54, 1.807) is 38.1 Å². The molecule has 2 N–H and O–H groups in total. The monoisotopic (exact) mass is 344 g/mol. The first-order valence-corrected chi connectivity index (χ1v) is 7.06. The third-order valence-electron chi connectivity index (χ3n) is 3.18. The van der Waals surface area contributed by atoms with E-state index in [-0.39, 0.29) is 0 Å². The molecule has 0 unspecified atom stereocenters. The normalized spacial score (nSPS) is 10.6. The van der Waals surface area contributed by atoms with Gasteiger partial charge in [-0.05, 0) is 40.2 Å². The van der Waals surface area contributed by atoms with Gasteiger partial charge in [0, 0.05) is 29.3 Å². The molecule has 2 heterocycles. The summed E-state index contributed by atoms with van der Waals surface area (Å²) in [7, 11) is 1.64. The second-order valence-electron chi connectivity index (χ2n) is 4.43. The largest absolute Gasteiger partial charge is 0.496 e. The van der Waals surface area contributed by atoms with Gasteiger partial charge in [0.15, 0.2) is 0 Å². The molecule has 0 amide bonds. The molecule has 0 saturated carbocycles. The van der Waals surface area contributed by atoms with Crippen molar-refractivity contribution < 1.29 is 4.74 Å². The summed E-state index contributed by atoms with van der Waals surface area (Å²) in [5.74, 6) is 0.779. The molecule has 3 aromatic rings. The summed E-state index contributed by atoms with van der Waals surface area (Å²) >= 11 is 3.49. The van der Waals surface area contributed by atoms with Gasteiger partial charge in [-0.3, -0.25) is 9.55 Å². The molecule has 0 atom stereocenters. The Bertz CT molecular complexity index is 785. The lowest BCUT2D eigenvalue weighted by molar-refractivity contribution is 0.412. The number of pyridine rings is 1. The van der Waals surface area contributed by atoms with Crippen molar-refractivity contribution in [1.82, 2.24) is 14.5 Å². The zero-order valence-electron chi connectivity index (χ0n) is 11.3. The van der Waals surface area contributed by atoms with Crippen molar-refractivity contribution in [3.63, 3.8) is 0 Å². The summed E-state index contributed by atoms with van der Waals surface area (Å²) in [6.45, 7) is 0. The maximum absolute atomic E-state index is 6.02. The molecule has 21 heavy (non-hydrogen) atoms. The van der Waals surface area contributed by atoms with Crippen LogP contribution in [0.5, 0.6) is 5.75 Å². The van der Waals surface area contributed by atoms with Crippen LogP contribution in [-0.4, -0.2) is 21.6 Å². The molecule has 0 aliphatic carbocycles. The van der Waals surface area contributed by atoms with Gasteiger partial charge in [-0.25, -0.2) is 4.98 Å². The van der Waals surface area contributed by atoms with Crippen LogP contribution in [0.25, 0.3) is 16.9 Å². The van der Waals surface area contributed by atoms with E-state index in [9.17, 15) is 0 Å². The molecule has 0 bridgehead atoms. The number of rotatable bonds is 3. The second kappa shape index (κ2) is 5.57. The van der Waals surface area contributed by atoms with Crippen LogP contribution in [0, 0.1) is 0 Å². The number of methoxy groups -OCH3 is 1. The molecule has 1 aromatic carbocycles. The van der Waals surface area contributed by atoms with E-state index in [4.69, 9.17) is 10.5 Å². The summed E-state index contributed by atoms with van der Waals surface area (Å²) in [6.07, 6.45) is 6.92. The molecule has 5 nitrogen and oxygen atoms in total. The fourth-order valence-electron chi connectivity index (χ4n) is 2.12. The Labute approximate surface area is 130 Å². The van der Waals surface area contributed by atoms with Crippen molar-refractivity contribution in [3.05, 3.63) is 53.7 Å². The molecule has 0 radical (unpaired) electrons. The molecular weight excluding hydrogens is 332 g/mol. The fourth-order valence-corrected chi connectivity index (χ4v) is 2.65. The van der Waals surface area contributed by atoms with Gasteiger partial charge in [-0.2, -0.15) is 0 Å². The van der Waals surface area contributed by atoms with Crippen molar-refractivity contribution in [2.75, 3.05) is 12.8 Å². The summed E-state index contributed by atoms with van der Waals surface area (Å²) in [6, 6.07) is 7.60. The quantitative estimate of drug-likeness (QED) is 0.791. The number of nitrogen functional groups attached to an aromatic ring is 1. The number of hydrogen-bond acceptors (Lipinski definition) is 4. The highest BCUT2D eigenvalue weighted by Gasteiger charge is 2.11. The minimum Gasteiger partial charge on any atom is -0.496 e. The van der Waals surface area contributed by atoms with E-state index < -0.39 is 0 Å². The van der Waals surface area contributed by atoms with Crippen molar-refractivity contribution in [2.24, 2.45) is 0 Å². The van der Waals surface area contributed by atoms with Crippen LogP contribution in [-0.2, 0) is 0 Å². The first-order chi connectivity index (χ1) is 10.2. The lowest BCUT2D eigenvalue weighted by Crippen LogP contribution is -1.99. The third-order valence-corrected chi connectivity index (χ3v) is 3.80. The zero-order chi connectivity index (χ0) is 14.8. The van der Waals surface area contributed by atoms with E-state index >= 15 is 0 Å². The Balaban J connectivity index is 2.11. The van der Waals surface area contributed by atoms with E-state index in [0.29, 0.717) is 5.69 Å². The van der Waals surface area contributed by atoms with Crippen LogP contribution in [0.3, 0.4) is 0 Å². The van der Waals surface area contributed by atoms with Gasteiger partial charge in [-0.1, -0.05) is 0 Å². The Morgan fingerprint density at radius 3 is 2.76 bits per heavy atom. The molecular formula is C15H13BrN4O. The lowest BCUT2D eigenvalue weighted by atomic mass is 10.2. The van der Waals surface area contributed by atoms with E-state index in [2.05, 4.69) is 25.9 Å². The summed E-state index contributed by atoms with van der Waals surface area (Å²) < 4.78 is 8.08. The van der Waals surface area contributed by atoms with Gasteiger partial charge in [0.25, 0.3) is 0 Å². The molecule has 0 aliphatic rings. The number of nitrogens with zero attached hydrogens (tertiary/aromatic N) is 3. The maximum Gasteiger partial charge on any atom is 0.133 e. The molecule has 0 aliphatic heterocycles. The van der Waals surface area contributed by atoms with Crippen molar-refractivity contribution in [1.29, 1.82) is 0 Å². The molecule has 2 aromatic heterocycles. The first kappa shape index (κ1) is 13.6. The van der Waals surface area contributed by atoms with Gasteiger partial charge in [-0.15, -0.1) is 0 Å². The Kier molecular flexibility index (Phi) is 3.62. The minimum atomic E-state index is 0.666. The van der Waals surface area contributed by atoms with Crippen molar-refractivity contribution in [3.8, 4) is 22.7 Å². The Morgan fingerprint density at radius 2 is 2.05 bits per heavy atom. The summed E-state index contributed by atoms with van der Waals surface area (Å²) in [5, 5.41) is 0. The summed E-state index contributed by atoms with van der Waals surface area (Å²) in [4.78, 5) is 8.35. The molecule has 106 valence electrons. The van der Waals surface area contributed by atoms with Crippen molar-refractivity contribution in [2.45, 2.75) is 0 Å². The van der Waals surface area contributed by atoms with Crippen LogP contribution in [0.1, 0.15) is 0 Å². The number of ether oxygens (including phenoxy) is 1. The smallest absolute Gasteiger partial charge is 0.133 e. The van der Waals surface area contributed by atoms with Crippen LogP contribution in [0.15, 0.2) is 53.7 Å². The van der Waals surface area contributed by atoms with Crippen LogP contribution >= 0.6 is 15.9 Å². The van der Waals surface area contributed by atoms with Gasteiger partial charge in [0.2, 0.25) is 0 Å². The number of hydrogen-bond donors (Lipinski definition) is 1. The molecule has 0 fully saturated rings. The van der Waals surface area contributed by atoms with E-state index in [1.165, 1.54) is 0 Å². The third kappa shape index (κ3) is 2.50. The van der Waals surface area contributed by atoms with Crippen LogP contribution in [0.2, 0.25) is 0 Å². The molecule has 0 spiro atoms. The lowest BCUT2D eigenvalue weighted by Gasteiger charge is -2.11. The number of anilines is 1. The zero-order valence-corrected chi connectivity index (χ0v) is 12.9. The first-order valence-electron chi connectivity index (χ1n) is 6.27. The van der Waals surface area contributed by atoms with Gasteiger partial charge in [0.05, 0.1) is 29.8 Å². The Hall–Kier alpha value is -2.34. The summed E-state index contributed by atoms with van der Waals surface area (Å²) in [5.41, 5.74) is 9.38. The fraction of sp³-hybridized carbons (Fsp3) is 0.0667. The second-order valence-corrected chi connectivity index (χ2v) is 5.28. The average molecular weight is 345 g/mol. The highest BCUT2D eigenvalue weighted by atomic mass is 79.9. The number of benzene rings is 1. The van der Waals surface area contributed by atoms with Crippen molar-refractivity contribution >= 4 is 21.6 Å². The van der Waals surface area contributed by atoms with Crippen LogP contribution < -0.4 is 10.5 Å². The van der Waals surface area contributed by atoms with Gasteiger partial charge in [0.1, 0.15) is 5.75 Å². The predicted molar refractivity (Wildman–Crippen MR) is 85.5 cm³/mol. The number of aromatic nitrogens is 3. The van der Waals surface area contributed by atoms with Crippen LogP contribution in [0.4, 0.5) is 5.69 Å². The molecule has 0 saturated heterocycles. The van der Waals surface area contributed by atoms with Gasteiger partial charge >= 0.3 is 0 Å². The highest BCUT2D eigenvalue weighted by molar-refractivity contribution is 9.10. The SMILES string of the molecule is COc1ccc(-n2cncc2-c2cnccc2N)cc1Br. The highest BCUT2D eigenvalue weighted by Crippen LogP contribution is 2.31. The molecule has 6 heteroatoms. The topological polar surface area (TPSA) is 66.0 Å². The standard InChI is InChI=1S/C15H13BrN4O/c1-21-15-3-2-10(6-12(15)16)20-9-19-8-14(20)11-7-18-5-4-13(11)17/h2-9H,1H3,(H2,17,18). The maximum atomic E-state index is 6.02. The van der Waals surface area contributed by atoms with E-state index in [0.717, 1.165) is 27.2 Å². The number of imidazole rings is 1. The minimum absolute atomic E-state index is 0.666.